The number of ether oxygens (including phenoxy) is 2. The Morgan fingerprint density at radius 3 is 2.52 bits per heavy atom. The van der Waals surface area contributed by atoms with Crippen molar-refractivity contribution in [2.24, 2.45) is 11.8 Å². The molecule has 0 saturated carbocycles. The number of allylic oxidation sites excluding steroid dienone is 2. The summed E-state index contributed by atoms with van der Waals surface area (Å²) in [5, 5.41) is 15.6. The van der Waals surface area contributed by atoms with Gasteiger partial charge in [-0.2, -0.15) is 0 Å². The normalized spacial score (nSPS) is 37.9. The zero-order valence-electron chi connectivity index (χ0n) is 16.9. The molecular formula is C21H29NO7. The van der Waals surface area contributed by atoms with E-state index in [4.69, 9.17) is 19.7 Å². The van der Waals surface area contributed by atoms with Crippen LogP contribution in [-0.4, -0.2) is 70.5 Å². The van der Waals surface area contributed by atoms with Crippen LogP contribution in [0.25, 0.3) is 0 Å². The molecule has 0 aromatic heterocycles. The van der Waals surface area contributed by atoms with Crippen LogP contribution in [0, 0.1) is 11.8 Å². The molecule has 0 bridgehead atoms. The van der Waals surface area contributed by atoms with Gasteiger partial charge in [0.2, 0.25) is 0 Å². The Hall–Kier alpha value is -2.19. The Balaban J connectivity index is 0.000000258. The van der Waals surface area contributed by atoms with Gasteiger partial charge in [-0.15, -0.1) is 0 Å². The van der Waals surface area contributed by atoms with Gasteiger partial charge in [0.1, 0.15) is 12.2 Å². The molecule has 8 nitrogen and oxygen atoms in total. The van der Waals surface area contributed by atoms with Crippen LogP contribution in [0.4, 0.5) is 0 Å². The first kappa shape index (κ1) is 21.5. The third kappa shape index (κ3) is 5.67. The van der Waals surface area contributed by atoms with Crippen LogP contribution in [0.15, 0.2) is 23.8 Å². The van der Waals surface area contributed by atoms with Crippen molar-refractivity contribution in [2.45, 2.75) is 57.3 Å². The number of carbonyl (C=O) groups excluding carboxylic acids is 1. The zero-order valence-corrected chi connectivity index (χ0v) is 16.9. The summed E-state index contributed by atoms with van der Waals surface area (Å²) in [6.07, 6.45) is 7.81. The van der Waals surface area contributed by atoms with E-state index in [2.05, 4.69) is 24.8 Å². The van der Waals surface area contributed by atoms with Crippen LogP contribution in [0.5, 0.6) is 0 Å². The van der Waals surface area contributed by atoms with Gasteiger partial charge in [-0.1, -0.05) is 11.6 Å². The zero-order chi connectivity index (χ0) is 21.2. The second-order valence-electron chi connectivity index (χ2n) is 8.46. The van der Waals surface area contributed by atoms with E-state index in [-0.39, 0.29) is 29.7 Å². The number of hydrogen-bond donors (Lipinski definition) is 2. The van der Waals surface area contributed by atoms with Crippen molar-refractivity contribution in [1.82, 2.24) is 4.90 Å². The monoisotopic (exact) mass is 407 g/mol. The summed E-state index contributed by atoms with van der Waals surface area (Å²) >= 11 is 0. The van der Waals surface area contributed by atoms with Crippen LogP contribution in [-0.2, 0) is 23.9 Å². The largest absolute Gasteiger partial charge is 0.478 e. The van der Waals surface area contributed by atoms with Crippen LogP contribution < -0.4 is 0 Å². The van der Waals surface area contributed by atoms with Crippen molar-refractivity contribution < 1.29 is 34.1 Å². The number of rotatable bonds is 4. The molecule has 4 rings (SSSR count). The summed E-state index contributed by atoms with van der Waals surface area (Å²) in [7, 11) is 0. The van der Waals surface area contributed by atoms with E-state index in [1.54, 1.807) is 0 Å². The SMILES string of the molecule is C/C1=C\CC[C@@]2(C)O[C@H]2[C@H]2OC(=O)[C@@H](CN3CC3)[C@@H]2CC1.O=C(O)/C=C/C(=O)O. The predicted molar refractivity (Wildman–Crippen MR) is 103 cm³/mol. The smallest absolute Gasteiger partial charge is 0.328 e. The predicted octanol–water partition coefficient (Wildman–Crippen LogP) is 1.85. The maximum atomic E-state index is 12.3. The van der Waals surface area contributed by atoms with Gasteiger partial charge in [-0.05, 0) is 39.5 Å². The van der Waals surface area contributed by atoms with Crippen LogP contribution >= 0.6 is 0 Å². The van der Waals surface area contributed by atoms with Gasteiger partial charge in [-0.25, -0.2) is 9.59 Å². The molecule has 2 N–H and O–H groups in total. The number of aliphatic carboxylic acids is 2. The maximum absolute atomic E-state index is 12.3. The first-order valence-corrected chi connectivity index (χ1v) is 10.1. The van der Waals surface area contributed by atoms with E-state index in [0.29, 0.717) is 18.1 Å². The lowest BCUT2D eigenvalue weighted by Gasteiger charge is -2.22. The Morgan fingerprint density at radius 1 is 1.28 bits per heavy atom. The number of nitrogens with zero attached hydrogens (tertiary/aromatic N) is 1. The van der Waals surface area contributed by atoms with Gasteiger partial charge in [0.05, 0.1) is 11.5 Å². The van der Waals surface area contributed by atoms with E-state index in [0.717, 1.165) is 45.3 Å². The minimum Gasteiger partial charge on any atom is -0.478 e. The van der Waals surface area contributed by atoms with Crippen molar-refractivity contribution in [2.75, 3.05) is 19.6 Å². The van der Waals surface area contributed by atoms with Gasteiger partial charge in [0.15, 0.2) is 0 Å². The molecule has 0 spiro atoms. The quantitative estimate of drug-likeness (QED) is 0.314. The molecule has 1 aliphatic carbocycles. The summed E-state index contributed by atoms with van der Waals surface area (Å²) < 4.78 is 11.8. The molecule has 3 aliphatic heterocycles. The first-order chi connectivity index (χ1) is 13.7. The number of carbonyl (C=O) groups is 3. The third-order valence-electron chi connectivity index (χ3n) is 6.10. The Labute approximate surface area is 170 Å². The van der Waals surface area contributed by atoms with E-state index in [1.165, 1.54) is 5.57 Å². The Morgan fingerprint density at radius 2 is 1.93 bits per heavy atom. The van der Waals surface area contributed by atoms with E-state index >= 15 is 0 Å². The summed E-state index contributed by atoms with van der Waals surface area (Å²) in [4.78, 5) is 33.8. The van der Waals surface area contributed by atoms with Crippen molar-refractivity contribution in [3.63, 3.8) is 0 Å². The summed E-state index contributed by atoms with van der Waals surface area (Å²) in [5.74, 6) is -2.13. The summed E-state index contributed by atoms with van der Waals surface area (Å²) in [6, 6.07) is 0. The molecule has 8 heteroatoms. The van der Waals surface area contributed by atoms with Gasteiger partial charge in [-0.3, -0.25) is 9.69 Å². The number of esters is 1. The van der Waals surface area contributed by atoms with Crippen LogP contribution in [0.1, 0.15) is 39.5 Å². The lowest BCUT2D eigenvalue weighted by atomic mass is 9.80. The topological polar surface area (TPSA) is 116 Å². The first-order valence-electron chi connectivity index (χ1n) is 10.1. The molecule has 0 amide bonds. The fourth-order valence-corrected chi connectivity index (χ4v) is 4.22. The van der Waals surface area contributed by atoms with Gasteiger partial charge < -0.3 is 19.7 Å². The number of epoxide rings is 1. The van der Waals surface area contributed by atoms with E-state index in [1.807, 2.05) is 0 Å². The molecule has 3 heterocycles. The number of carboxylic acid groups (broad SMARTS) is 2. The molecule has 0 radical (unpaired) electrons. The number of carboxylic acids is 2. The number of hydrogen-bond acceptors (Lipinski definition) is 6. The minimum atomic E-state index is -1.26. The molecule has 5 atom stereocenters. The average Bonchev–Trinajstić information content (AvgIpc) is 3.54. The van der Waals surface area contributed by atoms with E-state index in [9.17, 15) is 14.4 Å². The fourth-order valence-electron chi connectivity index (χ4n) is 4.22. The highest BCUT2D eigenvalue weighted by Gasteiger charge is 2.62. The van der Waals surface area contributed by atoms with Crippen molar-refractivity contribution in [1.29, 1.82) is 0 Å². The van der Waals surface area contributed by atoms with Crippen molar-refractivity contribution in [3.8, 4) is 0 Å². The summed E-state index contributed by atoms with van der Waals surface area (Å²) in [6.45, 7) is 7.54. The molecule has 3 fully saturated rings. The Bertz CT molecular complexity index is 711. The molecule has 0 aromatic rings. The highest BCUT2D eigenvalue weighted by atomic mass is 16.6. The molecule has 160 valence electrons. The molecule has 3 saturated heterocycles. The maximum Gasteiger partial charge on any atom is 0.328 e. The average molecular weight is 407 g/mol. The van der Waals surface area contributed by atoms with E-state index < -0.39 is 11.9 Å². The molecular weight excluding hydrogens is 378 g/mol. The molecule has 0 aromatic carbocycles. The van der Waals surface area contributed by atoms with Crippen LogP contribution in [0.2, 0.25) is 0 Å². The summed E-state index contributed by atoms with van der Waals surface area (Å²) in [5.41, 5.74) is 1.37. The third-order valence-corrected chi connectivity index (χ3v) is 6.10. The van der Waals surface area contributed by atoms with Gasteiger partial charge >= 0.3 is 17.9 Å². The lowest BCUT2D eigenvalue weighted by Crippen LogP contribution is -2.32. The lowest BCUT2D eigenvalue weighted by molar-refractivity contribution is -0.145. The van der Waals surface area contributed by atoms with Gasteiger partial charge in [0.25, 0.3) is 0 Å². The Kier molecular flexibility index (Phi) is 6.43. The second kappa shape index (κ2) is 8.67. The minimum absolute atomic E-state index is 0.00984. The highest BCUT2D eigenvalue weighted by molar-refractivity contribution is 5.89. The van der Waals surface area contributed by atoms with Crippen LogP contribution in [0.3, 0.4) is 0 Å². The standard InChI is InChI=1S/C17H25NO3.C4H4O4/c1-11-4-3-7-17(2)15(21-17)14-12(6-5-11)13(16(19)20-14)10-18-8-9-18;5-3(6)1-2-4(7)8/h4,12-15H,3,5-10H2,1-2H3;1-2H,(H,5,6)(H,7,8)/b11-4+;2-1+/t12-,13-,14-,15-,17+;/m0./s1. The second-order valence-corrected chi connectivity index (χ2v) is 8.46. The molecule has 4 aliphatic rings. The molecule has 0 unspecified atom stereocenters. The van der Waals surface area contributed by atoms with Crippen molar-refractivity contribution >= 4 is 17.9 Å². The number of fused-ring (bicyclic) bond motifs is 3. The van der Waals surface area contributed by atoms with Crippen molar-refractivity contribution in [3.05, 3.63) is 23.8 Å². The highest BCUT2D eigenvalue weighted by Crippen LogP contribution is 2.50. The fraction of sp³-hybridized carbons (Fsp3) is 0.667. The van der Waals surface area contributed by atoms with Gasteiger partial charge in [0, 0.05) is 37.7 Å². The molecule has 29 heavy (non-hydrogen) atoms.